The lowest BCUT2D eigenvalue weighted by Gasteiger charge is -2.33. The normalized spacial score (nSPS) is 20.5. The van der Waals surface area contributed by atoms with Crippen LogP contribution in [-0.4, -0.2) is 53.3 Å². The maximum Gasteiger partial charge on any atom is 0.337 e. The van der Waals surface area contributed by atoms with Crippen LogP contribution >= 0.6 is 11.6 Å². The standard InChI is InChI=1S/C32H31ClFN3O5/c1-39-31(38)20-5-8-26-27(15-20)37(17-22-11-14-40-22)29(35-26)18-36-12-9-19(10-13-36)23-3-2-4-28-30(23)42-32(41-28)24-7-6-21(33)16-25(24)34/h2-8,15-16,19,22,32H,9-14,17-18H2,1H3/t22-,32?/m0/s1. The average molecular weight is 592 g/mol. The van der Waals surface area contributed by atoms with Crippen molar-refractivity contribution >= 4 is 28.6 Å². The Hall–Kier alpha value is -3.66. The summed E-state index contributed by atoms with van der Waals surface area (Å²) in [6.07, 6.45) is 2.21. The maximum atomic E-state index is 14.6. The minimum Gasteiger partial charge on any atom is -0.465 e. The van der Waals surface area contributed by atoms with Crippen LogP contribution in [0.1, 0.15) is 58.8 Å². The molecule has 0 aliphatic carbocycles. The van der Waals surface area contributed by atoms with E-state index in [-0.39, 0.29) is 12.1 Å². The van der Waals surface area contributed by atoms with E-state index in [0.29, 0.717) is 46.7 Å². The molecule has 0 amide bonds. The molecule has 1 unspecified atom stereocenters. The number of likely N-dealkylation sites (tertiary alicyclic amines) is 1. The first-order valence-corrected chi connectivity index (χ1v) is 14.7. The Labute approximate surface area is 247 Å². The molecule has 3 aliphatic heterocycles. The molecule has 4 heterocycles. The summed E-state index contributed by atoms with van der Waals surface area (Å²) in [6, 6.07) is 15.9. The number of nitrogens with zero attached hydrogens (tertiary/aromatic N) is 3. The highest BCUT2D eigenvalue weighted by molar-refractivity contribution is 6.30. The topological polar surface area (TPSA) is 75.0 Å². The van der Waals surface area contributed by atoms with E-state index in [0.717, 1.165) is 61.4 Å². The van der Waals surface area contributed by atoms with Crippen molar-refractivity contribution in [2.45, 2.75) is 50.7 Å². The molecule has 0 radical (unpaired) electrons. The number of esters is 1. The third-order valence-corrected chi connectivity index (χ3v) is 8.74. The monoisotopic (exact) mass is 591 g/mol. The van der Waals surface area contributed by atoms with E-state index in [1.807, 2.05) is 24.3 Å². The van der Waals surface area contributed by atoms with Crippen molar-refractivity contribution in [2.24, 2.45) is 0 Å². The Bertz CT molecular complexity index is 1650. The van der Waals surface area contributed by atoms with Crippen molar-refractivity contribution in [3.05, 3.63) is 88.0 Å². The van der Waals surface area contributed by atoms with E-state index in [1.54, 1.807) is 18.2 Å². The van der Waals surface area contributed by atoms with Gasteiger partial charge < -0.3 is 23.5 Å². The Balaban J connectivity index is 1.06. The van der Waals surface area contributed by atoms with Crippen molar-refractivity contribution in [3.8, 4) is 11.5 Å². The van der Waals surface area contributed by atoms with Crippen LogP contribution in [0.3, 0.4) is 0 Å². The number of benzene rings is 3. The first kappa shape index (κ1) is 27.2. The minimum atomic E-state index is -0.842. The molecule has 8 nitrogen and oxygen atoms in total. The van der Waals surface area contributed by atoms with Crippen LogP contribution in [0.2, 0.25) is 5.02 Å². The zero-order chi connectivity index (χ0) is 28.8. The van der Waals surface area contributed by atoms with Crippen LogP contribution in [0.4, 0.5) is 4.39 Å². The van der Waals surface area contributed by atoms with Crippen LogP contribution in [0.5, 0.6) is 11.5 Å². The number of hydrogen-bond donors (Lipinski definition) is 0. The molecular formula is C32H31ClFN3O5. The molecule has 0 saturated carbocycles. The summed E-state index contributed by atoms with van der Waals surface area (Å²) in [5.74, 6) is 1.77. The fourth-order valence-electron chi connectivity index (χ4n) is 6.12. The van der Waals surface area contributed by atoms with Crippen molar-refractivity contribution in [1.82, 2.24) is 14.5 Å². The van der Waals surface area contributed by atoms with Gasteiger partial charge in [0.1, 0.15) is 11.6 Å². The van der Waals surface area contributed by atoms with Gasteiger partial charge in [-0.05, 0) is 80.7 Å². The molecule has 1 aromatic heterocycles. The quantitative estimate of drug-likeness (QED) is 0.235. The summed E-state index contributed by atoms with van der Waals surface area (Å²) in [5.41, 5.74) is 3.70. The highest BCUT2D eigenvalue weighted by atomic mass is 35.5. The number of carbonyl (C=O) groups excluding carboxylic acids is 1. The zero-order valence-corrected chi connectivity index (χ0v) is 24.0. The summed E-state index contributed by atoms with van der Waals surface area (Å²) in [7, 11) is 1.39. The van der Waals surface area contributed by atoms with E-state index in [2.05, 4.69) is 15.5 Å². The molecule has 2 saturated heterocycles. The molecule has 10 heteroatoms. The number of piperidine rings is 1. The first-order chi connectivity index (χ1) is 20.5. The summed E-state index contributed by atoms with van der Waals surface area (Å²) in [4.78, 5) is 19.6. The molecule has 3 aromatic carbocycles. The van der Waals surface area contributed by atoms with Crippen molar-refractivity contribution in [3.63, 3.8) is 0 Å². The van der Waals surface area contributed by atoms with Gasteiger partial charge in [0.2, 0.25) is 0 Å². The second kappa shape index (κ2) is 11.2. The SMILES string of the molecule is COC(=O)c1ccc2nc(CN3CCC(c4cccc5c4OC(c4ccc(Cl)cc4F)O5)CC3)n(C[C@@H]3CCO3)c2c1. The Morgan fingerprint density at radius 3 is 2.64 bits per heavy atom. The number of fused-ring (bicyclic) bond motifs is 2. The highest BCUT2D eigenvalue weighted by Gasteiger charge is 2.33. The fourth-order valence-corrected chi connectivity index (χ4v) is 6.27. The van der Waals surface area contributed by atoms with Gasteiger partial charge >= 0.3 is 5.97 Å². The van der Waals surface area contributed by atoms with Crippen molar-refractivity contribution in [2.75, 3.05) is 26.8 Å². The van der Waals surface area contributed by atoms with Crippen LogP contribution in [0.15, 0.2) is 54.6 Å². The van der Waals surface area contributed by atoms with E-state index in [9.17, 15) is 9.18 Å². The predicted octanol–water partition coefficient (Wildman–Crippen LogP) is 6.25. The Kier molecular flexibility index (Phi) is 7.25. The van der Waals surface area contributed by atoms with Gasteiger partial charge in [0.05, 0.1) is 48.5 Å². The van der Waals surface area contributed by atoms with Gasteiger partial charge in [-0.15, -0.1) is 0 Å². The zero-order valence-electron chi connectivity index (χ0n) is 23.2. The van der Waals surface area contributed by atoms with Gasteiger partial charge in [0.25, 0.3) is 6.29 Å². The first-order valence-electron chi connectivity index (χ1n) is 14.3. The number of imidazole rings is 1. The predicted molar refractivity (Wildman–Crippen MR) is 155 cm³/mol. The molecule has 2 fully saturated rings. The second-order valence-corrected chi connectivity index (χ2v) is 11.5. The van der Waals surface area contributed by atoms with Crippen molar-refractivity contribution < 1.29 is 28.1 Å². The average Bonchev–Trinajstić information content (AvgIpc) is 3.55. The number of ether oxygens (including phenoxy) is 4. The van der Waals surface area contributed by atoms with Gasteiger partial charge in [0.15, 0.2) is 11.5 Å². The third-order valence-electron chi connectivity index (χ3n) is 8.51. The number of halogens is 2. The van der Waals surface area contributed by atoms with Crippen LogP contribution in [-0.2, 0) is 22.6 Å². The molecule has 4 aromatic rings. The van der Waals surface area contributed by atoms with Gasteiger partial charge in [-0.1, -0.05) is 23.7 Å². The molecule has 218 valence electrons. The third kappa shape index (κ3) is 5.10. The lowest BCUT2D eigenvalue weighted by atomic mass is 9.88. The molecular weight excluding hydrogens is 561 g/mol. The maximum absolute atomic E-state index is 14.6. The van der Waals surface area contributed by atoms with E-state index < -0.39 is 12.1 Å². The molecule has 0 N–H and O–H groups in total. The Morgan fingerprint density at radius 2 is 1.90 bits per heavy atom. The number of hydrogen-bond acceptors (Lipinski definition) is 7. The minimum absolute atomic E-state index is 0.154. The van der Waals surface area contributed by atoms with E-state index >= 15 is 0 Å². The lowest BCUT2D eigenvalue weighted by molar-refractivity contribution is -0.0592. The van der Waals surface area contributed by atoms with Crippen molar-refractivity contribution in [1.29, 1.82) is 0 Å². The smallest absolute Gasteiger partial charge is 0.337 e. The van der Waals surface area contributed by atoms with Crippen LogP contribution < -0.4 is 9.47 Å². The van der Waals surface area contributed by atoms with Gasteiger partial charge in [0, 0.05) is 17.2 Å². The molecule has 3 aliphatic rings. The molecule has 2 atom stereocenters. The number of methoxy groups -OCH3 is 1. The van der Waals surface area contributed by atoms with E-state index in [1.165, 1.54) is 13.2 Å². The number of carbonyl (C=O) groups is 1. The molecule has 7 rings (SSSR count). The largest absolute Gasteiger partial charge is 0.465 e. The Morgan fingerprint density at radius 1 is 1.07 bits per heavy atom. The summed E-state index contributed by atoms with van der Waals surface area (Å²) < 4.78 is 39.6. The fraction of sp³-hybridized carbons (Fsp3) is 0.375. The second-order valence-electron chi connectivity index (χ2n) is 11.1. The van der Waals surface area contributed by atoms with Gasteiger partial charge in [-0.2, -0.15) is 0 Å². The molecule has 0 spiro atoms. The number of para-hydroxylation sites is 1. The molecule has 42 heavy (non-hydrogen) atoms. The van der Waals surface area contributed by atoms with Gasteiger partial charge in [-0.25, -0.2) is 14.2 Å². The van der Waals surface area contributed by atoms with Gasteiger partial charge in [-0.3, -0.25) is 4.90 Å². The van der Waals surface area contributed by atoms with E-state index in [4.69, 9.17) is 35.5 Å². The summed E-state index contributed by atoms with van der Waals surface area (Å²) >= 11 is 5.93. The number of aromatic nitrogens is 2. The van der Waals surface area contributed by atoms with Crippen LogP contribution in [0, 0.1) is 5.82 Å². The molecule has 0 bridgehead atoms. The van der Waals surface area contributed by atoms with Crippen LogP contribution in [0.25, 0.3) is 11.0 Å². The summed E-state index contributed by atoms with van der Waals surface area (Å²) in [6.45, 7) is 3.96. The highest BCUT2D eigenvalue weighted by Crippen LogP contribution is 2.47. The summed E-state index contributed by atoms with van der Waals surface area (Å²) in [5, 5.41) is 0.331. The number of rotatable bonds is 7. The lowest BCUT2D eigenvalue weighted by Crippen LogP contribution is -2.35.